The summed E-state index contributed by atoms with van der Waals surface area (Å²) in [5, 5.41) is 0. The molecule has 2 aliphatic heterocycles. The van der Waals surface area contributed by atoms with Crippen LogP contribution in [0.15, 0.2) is 97.3 Å². The van der Waals surface area contributed by atoms with Gasteiger partial charge in [0.05, 0.1) is 13.0 Å². The van der Waals surface area contributed by atoms with Crippen molar-refractivity contribution < 1.29 is 33.4 Å². The van der Waals surface area contributed by atoms with Crippen molar-refractivity contribution in [1.29, 1.82) is 0 Å². The molecule has 3 aliphatic rings. The Hall–Kier alpha value is -3.00. The van der Waals surface area contributed by atoms with Crippen molar-refractivity contribution in [2.75, 3.05) is 0 Å². The van der Waals surface area contributed by atoms with E-state index >= 15 is 0 Å². The summed E-state index contributed by atoms with van der Waals surface area (Å²) in [7, 11) is -2.75. The number of imidazole rings is 1. The summed E-state index contributed by atoms with van der Waals surface area (Å²) in [6.45, 7) is 0. The van der Waals surface area contributed by atoms with E-state index in [0.29, 0.717) is 12.0 Å². The van der Waals surface area contributed by atoms with E-state index in [-0.39, 0.29) is 5.41 Å². The van der Waals surface area contributed by atoms with Crippen molar-refractivity contribution in [3.05, 3.63) is 125 Å². The van der Waals surface area contributed by atoms with E-state index in [1.807, 2.05) is 0 Å². The summed E-state index contributed by atoms with van der Waals surface area (Å²) in [6.07, 6.45) is 5.57. The molecule has 6 nitrogen and oxygen atoms in total. The van der Waals surface area contributed by atoms with E-state index in [2.05, 4.69) is 114 Å². The molecule has 2 bridgehead atoms. The summed E-state index contributed by atoms with van der Waals surface area (Å²) in [5.41, 5.74) is 5.73. The Morgan fingerprint density at radius 1 is 0.788 bits per heavy atom. The first kappa shape index (κ1) is 21.8. The maximum atomic E-state index is 8.49. The molecule has 7 rings (SSSR count). The predicted molar refractivity (Wildman–Crippen MR) is 110 cm³/mol. The normalized spacial score (nSPS) is 19.8. The third-order valence-corrected chi connectivity index (χ3v) is 6.92. The van der Waals surface area contributed by atoms with E-state index in [1.165, 1.54) is 28.1 Å². The summed E-state index contributed by atoms with van der Waals surface area (Å²) in [6, 6.07) is 31.7. The number of aromatic nitrogens is 2. The molecule has 3 heterocycles. The molecule has 0 radical (unpaired) electrons. The molecule has 0 N–H and O–H groups in total. The number of benzene rings is 3. The highest BCUT2D eigenvalue weighted by Crippen LogP contribution is 2.61. The minimum absolute atomic E-state index is 0.0619. The first-order chi connectivity index (χ1) is 15.8. The number of rotatable bonds is 2. The third kappa shape index (κ3) is 3.66. The fourth-order valence-corrected chi connectivity index (χ4v) is 5.81. The Morgan fingerprint density at radius 3 is 1.82 bits per heavy atom. The van der Waals surface area contributed by atoms with Gasteiger partial charge < -0.3 is 0 Å². The Morgan fingerprint density at radius 2 is 1.27 bits per heavy atom. The second-order valence-electron chi connectivity index (χ2n) is 8.54. The van der Waals surface area contributed by atoms with Crippen LogP contribution < -0.4 is 23.2 Å². The second kappa shape index (κ2) is 8.09. The molecule has 7 heteroatoms. The molecular weight excluding hydrogens is 440 g/mol. The van der Waals surface area contributed by atoms with Crippen molar-refractivity contribution in [2.45, 2.75) is 23.8 Å². The summed E-state index contributed by atoms with van der Waals surface area (Å²) >= 11 is 0. The second-order valence-corrected chi connectivity index (χ2v) is 9.29. The molecule has 4 aromatic rings. The Labute approximate surface area is 194 Å². The van der Waals surface area contributed by atoms with E-state index in [0.717, 1.165) is 6.42 Å². The number of hydrogen-bond donors (Lipinski definition) is 0. The topological polar surface area (TPSA) is 101 Å². The Bertz CT molecular complexity index is 1220. The highest BCUT2D eigenvalue weighted by Gasteiger charge is 2.59. The predicted octanol–water partition coefficient (Wildman–Crippen LogP) is -0.0187. The van der Waals surface area contributed by atoms with Gasteiger partial charge in [0.15, 0.2) is 0 Å². The monoisotopic (exact) mass is 462 g/mol. The maximum Gasteiger partial charge on any atom is 0.265 e. The SMILES string of the molecule is C[n+]1ccn2c1C1c3ccccc3C2CC1(c1ccccc1)c1ccccc1.[O-][Cl+3]([O-])([O-])[O-]. The summed E-state index contributed by atoms with van der Waals surface area (Å²) in [4.78, 5) is 0. The van der Waals surface area contributed by atoms with E-state index in [1.54, 1.807) is 0 Å². The Balaban J connectivity index is 0.000000416. The average molecular weight is 463 g/mol. The molecule has 0 spiro atoms. The molecule has 2 atom stereocenters. The minimum atomic E-state index is -4.94. The van der Waals surface area contributed by atoms with Gasteiger partial charge in [0.1, 0.15) is 18.4 Å². The van der Waals surface area contributed by atoms with E-state index in [9.17, 15) is 0 Å². The number of fused-ring (bicyclic) bond motifs is 1. The van der Waals surface area contributed by atoms with Gasteiger partial charge >= 0.3 is 0 Å². The molecule has 1 aliphatic carbocycles. The van der Waals surface area contributed by atoms with Crippen LogP contribution in [0.4, 0.5) is 0 Å². The van der Waals surface area contributed by atoms with Gasteiger partial charge in [-0.15, -0.1) is 10.2 Å². The van der Waals surface area contributed by atoms with Crippen molar-refractivity contribution in [3.8, 4) is 0 Å². The fourth-order valence-electron chi connectivity index (χ4n) is 5.81. The number of nitrogens with zero attached hydrogens (tertiary/aromatic N) is 2. The molecule has 0 saturated carbocycles. The first-order valence-electron chi connectivity index (χ1n) is 10.7. The molecular formula is C26H23ClN2O4. The largest absolute Gasteiger partial charge is 0.265 e. The minimum Gasteiger partial charge on any atom is -0.236 e. The molecule has 0 saturated heterocycles. The van der Waals surface area contributed by atoms with Gasteiger partial charge in [-0.05, 0) is 16.7 Å². The van der Waals surface area contributed by atoms with Gasteiger partial charge in [0, 0.05) is 17.4 Å². The molecule has 1 aromatic heterocycles. The Kier molecular flexibility index (Phi) is 5.35. The van der Waals surface area contributed by atoms with Crippen molar-refractivity contribution in [1.82, 2.24) is 4.57 Å². The first-order valence-corrected chi connectivity index (χ1v) is 11.9. The number of halogens is 1. The van der Waals surface area contributed by atoms with Crippen LogP contribution >= 0.6 is 0 Å². The maximum absolute atomic E-state index is 8.49. The van der Waals surface area contributed by atoms with Crippen molar-refractivity contribution in [2.24, 2.45) is 7.05 Å². The van der Waals surface area contributed by atoms with Crippen molar-refractivity contribution >= 4 is 0 Å². The van der Waals surface area contributed by atoms with Crippen LogP contribution in [0.3, 0.4) is 0 Å². The number of hydrogen-bond acceptors (Lipinski definition) is 4. The quantitative estimate of drug-likeness (QED) is 0.391. The summed E-state index contributed by atoms with van der Waals surface area (Å²) in [5.74, 6) is 1.70. The lowest BCUT2D eigenvalue weighted by molar-refractivity contribution is -2.00. The lowest BCUT2D eigenvalue weighted by Crippen LogP contribution is -2.68. The van der Waals surface area contributed by atoms with Crippen molar-refractivity contribution in [3.63, 3.8) is 0 Å². The fraction of sp³-hybridized carbons (Fsp3) is 0.192. The highest BCUT2D eigenvalue weighted by molar-refractivity contribution is 5.55. The van der Waals surface area contributed by atoms with Gasteiger partial charge in [-0.3, -0.25) is 0 Å². The van der Waals surface area contributed by atoms with Crippen LogP contribution in [-0.4, -0.2) is 4.57 Å². The highest BCUT2D eigenvalue weighted by atomic mass is 35.7. The van der Waals surface area contributed by atoms with Crippen LogP contribution in [0.25, 0.3) is 0 Å². The van der Waals surface area contributed by atoms with Crippen LogP contribution in [0.5, 0.6) is 0 Å². The molecule has 33 heavy (non-hydrogen) atoms. The number of aryl methyl sites for hydroxylation is 1. The summed E-state index contributed by atoms with van der Waals surface area (Å²) < 4.78 is 38.8. The zero-order chi connectivity index (χ0) is 23.2. The van der Waals surface area contributed by atoms with Crippen LogP contribution in [0.1, 0.15) is 46.5 Å². The smallest absolute Gasteiger partial charge is 0.236 e. The van der Waals surface area contributed by atoms with Gasteiger partial charge in [-0.1, -0.05) is 84.9 Å². The third-order valence-electron chi connectivity index (χ3n) is 6.92. The van der Waals surface area contributed by atoms with Gasteiger partial charge in [-0.2, -0.15) is 0 Å². The zero-order valence-corrected chi connectivity index (χ0v) is 18.8. The zero-order valence-electron chi connectivity index (χ0n) is 18.0. The standard InChI is InChI=1S/C26H23N2.ClHO4/c1-27-16-17-28-23-18-26(19-10-4-2-5-11-19,20-12-6-3-7-13-20)24(25(27)28)22-15-9-8-14-21(22)23;2-1(3,4)5/h2-17,23-24H,18H2,1H3;(H,2,3,4,5)/q+1;/p-1. The van der Waals surface area contributed by atoms with E-state index < -0.39 is 10.2 Å². The molecule has 0 amide bonds. The van der Waals surface area contributed by atoms with Gasteiger partial charge in [0.2, 0.25) is 0 Å². The van der Waals surface area contributed by atoms with Crippen LogP contribution in [0, 0.1) is 10.2 Å². The lowest BCUT2D eigenvalue weighted by Gasteiger charge is -2.50. The molecule has 0 fully saturated rings. The van der Waals surface area contributed by atoms with Crippen LogP contribution in [-0.2, 0) is 12.5 Å². The average Bonchev–Trinajstić information content (AvgIpc) is 3.21. The molecule has 168 valence electrons. The lowest BCUT2D eigenvalue weighted by atomic mass is 9.54. The van der Waals surface area contributed by atoms with Gasteiger partial charge in [0.25, 0.3) is 5.82 Å². The molecule has 2 unspecified atom stereocenters. The van der Waals surface area contributed by atoms with Crippen LogP contribution in [0.2, 0.25) is 0 Å². The van der Waals surface area contributed by atoms with Gasteiger partial charge in [-0.25, -0.2) is 27.8 Å². The molecule has 3 aromatic carbocycles. The van der Waals surface area contributed by atoms with E-state index in [4.69, 9.17) is 18.6 Å².